The van der Waals surface area contributed by atoms with Gasteiger partial charge in [0.2, 0.25) is 0 Å². The number of nitrogens with zero attached hydrogens (tertiary/aromatic N) is 1. The van der Waals surface area contributed by atoms with E-state index in [9.17, 15) is 9.90 Å². The van der Waals surface area contributed by atoms with Gasteiger partial charge in [0.25, 0.3) is 0 Å². The second kappa shape index (κ2) is 16.4. The molecule has 5 aromatic rings. The normalized spacial score (nSPS) is 13.4. The van der Waals surface area contributed by atoms with Crippen LogP contribution in [0.1, 0.15) is 120 Å². The van der Waals surface area contributed by atoms with E-state index in [1.54, 1.807) is 0 Å². The fourth-order valence-corrected chi connectivity index (χ4v) is 8.51. The quantitative estimate of drug-likeness (QED) is 0.0680. The van der Waals surface area contributed by atoms with E-state index >= 15 is 0 Å². The number of hydrogen-bond acceptors (Lipinski definition) is 4. The zero-order valence-corrected chi connectivity index (χ0v) is 37.3. The average molecular weight is 907 g/mol. The van der Waals surface area contributed by atoms with Crippen molar-refractivity contribution in [3.05, 3.63) is 89.8 Å². The molecule has 285 valence electrons. The molecule has 2 heterocycles. The van der Waals surface area contributed by atoms with Crippen LogP contribution in [0.2, 0.25) is 0 Å². The number of aromatic nitrogens is 1. The SMILES string of the molecule is CC(C)(C)Cc1c2c([c-]c3ccccc13)-c1nccc3c1c(cc1c(CC(C)(C)C)cccc13)S2.CCC(C)(CC)C(=O)/C=C(\O)C(C)(CC)CC.[Ir]. The van der Waals surface area contributed by atoms with E-state index in [0.29, 0.717) is 0 Å². The number of hydrogen-bond donors (Lipinski definition) is 1. The van der Waals surface area contributed by atoms with Crippen molar-refractivity contribution in [3.63, 3.8) is 0 Å². The predicted molar refractivity (Wildman–Crippen MR) is 225 cm³/mol. The van der Waals surface area contributed by atoms with E-state index in [0.717, 1.165) is 49.8 Å². The van der Waals surface area contributed by atoms with Crippen molar-refractivity contribution in [3.8, 4) is 11.3 Å². The number of carbonyl (C=O) groups is 1. The van der Waals surface area contributed by atoms with Crippen molar-refractivity contribution < 1.29 is 30.0 Å². The van der Waals surface area contributed by atoms with Crippen LogP contribution in [-0.4, -0.2) is 15.9 Å². The Morgan fingerprint density at radius 3 is 1.96 bits per heavy atom. The molecule has 0 amide bonds. The summed E-state index contributed by atoms with van der Waals surface area (Å²) >= 11 is 1.93. The first kappa shape index (κ1) is 42.8. The molecule has 0 unspecified atom stereocenters. The molecule has 6 rings (SSSR count). The molecule has 1 aliphatic rings. The third-order valence-corrected chi connectivity index (χ3v) is 12.6. The van der Waals surface area contributed by atoms with Crippen molar-refractivity contribution in [1.82, 2.24) is 4.98 Å². The van der Waals surface area contributed by atoms with Gasteiger partial charge < -0.3 is 5.11 Å². The van der Waals surface area contributed by atoms with Crippen molar-refractivity contribution >= 4 is 49.9 Å². The number of carbonyl (C=O) groups excluding carboxylic acids is 1. The van der Waals surface area contributed by atoms with Crippen molar-refractivity contribution in [2.45, 2.75) is 131 Å². The zero-order chi connectivity index (χ0) is 38.2. The van der Waals surface area contributed by atoms with Crippen molar-refractivity contribution in [2.75, 3.05) is 0 Å². The minimum absolute atomic E-state index is 0. The summed E-state index contributed by atoms with van der Waals surface area (Å²) in [5, 5.41) is 17.9. The number of pyridine rings is 1. The fourth-order valence-electron chi connectivity index (χ4n) is 7.25. The Labute approximate surface area is 337 Å². The molecule has 53 heavy (non-hydrogen) atoms. The van der Waals surface area contributed by atoms with Gasteiger partial charge in [0.1, 0.15) is 5.76 Å². The Bertz CT molecular complexity index is 2140. The first-order chi connectivity index (χ1) is 24.4. The number of rotatable bonds is 9. The molecule has 0 saturated carbocycles. The smallest absolute Gasteiger partial charge is 0.164 e. The third-order valence-electron chi connectivity index (χ3n) is 11.5. The number of aliphatic hydroxyl groups is 1. The van der Waals surface area contributed by atoms with Gasteiger partial charge in [-0.2, -0.15) is 0 Å². The largest absolute Gasteiger partial charge is 0.512 e. The Morgan fingerprint density at radius 1 is 0.755 bits per heavy atom. The molecule has 0 bridgehead atoms. The molecule has 0 spiro atoms. The number of allylic oxidation sites excluding steroid dienone is 2. The molecule has 5 heteroatoms. The molecule has 0 saturated heterocycles. The Balaban J connectivity index is 0.000000299. The molecule has 1 N–H and O–H groups in total. The second-order valence-electron chi connectivity index (χ2n) is 17.8. The topological polar surface area (TPSA) is 50.2 Å². The van der Waals surface area contributed by atoms with E-state index in [4.69, 9.17) is 4.98 Å². The van der Waals surface area contributed by atoms with Crippen LogP contribution in [0.4, 0.5) is 0 Å². The van der Waals surface area contributed by atoms with E-state index in [1.165, 1.54) is 59.3 Å². The molecule has 0 atom stereocenters. The van der Waals surface area contributed by atoms with Gasteiger partial charge in [0.15, 0.2) is 5.78 Å². The first-order valence-electron chi connectivity index (χ1n) is 19.3. The first-order valence-corrected chi connectivity index (χ1v) is 20.1. The summed E-state index contributed by atoms with van der Waals surface area (Å²) in [6.45, 7) is 26.0. The van der Waals surface area contributed by atoms with Crippen molar-refractivity contribution in [1.29, 1.82) is 0 Å². The molecule has 3 nitrogen and oxygen atoms in total. The second-order valence-corrected chi connectivity index (χ2v) is 18.9. The van der Waals surface area contributed by atoms with Gasteiger partial charge in [0, 0.05) is 53.8 Å². The average Bonchev–Trinajstić information content (AvgIpc) is 3.10. The van der Waals surface area contributed by atoms with Crippen LogP contribution in [0, 0.1) is 27.7 Å². The van der Waals surface area contributed by atoms with Gasteiger partial charge in [-0.3, -0.25) is 9.78 Å². The standard InChI is InChI=1S/C33H32NS.C15H28O2.Ir/c1-32(2,3)18-21-11-9-13-23-24-14-15-34-30-26-16-20-10-7-8-12-22(20)27(19-33(4,5)6)31(26)35-28(29(24)30)17-25(21)23;1-7-14(5,8-2)12(16)11-13(17)15(6,9-3)10-4;/h7-15,17H,18-19H2,1-6H3;11,16H,7-10H2,1-6H3;/q-1;;/b;12-11-;. The van der Waals surface area contributed by atoms with Gasteiger partial charge in [0.05, 0.1) is 0 Å². The predicted octanol–water partition coefficient (Wildman–Crippen LogP) is 14.3. The maximum Gasteiger partial charge on any atom is 0.164 e. The third kappa shape index (κ3) is 8.95. The molecular formula is C48H60IrNO2S-. The molecule has 0 aliphatic carbocycles. The van der Waals surface area contributed by atoms with E-state index in [1.807, 2.05) is 59.5 Å². The Hall–Kier alpha value is -2.98. The molecule has 1 aromatic heterocycles. The molecular weight excluding hydrogens is 847 g/mol. The van der Waals surface area contributed by atoms with Gasteiger partial charge in [-0.25, -0.2) is 0 Å². The maximum atomic E-state index is 12.2. The summed E-state index contributed by atoms with van der Waals surface area (Å²) in [5.74, 6) is 0.286. The van der Waals surface area contributed by atoms with E-state index < -0.39 is 0 Å². The van der Waals surface area contributed by atoms with Crippen LogP contribution < -0.4 is 0 Å². The number of aliphatic hydroxyl groups excluding tert-OH is 1. The van der Waals surface area contributed by atoms with Gasteiger partial charge >= 0.3 is 0 Å². The van der Waals surface area contributed by atoms with Crippen LogP contribution in [-0.2, 0) is 37.7 Å². The minimum atomic E-state index is -0.337. The summed E-state index contributed by atoms with van der Waals surface area (Å²) in [6, 6.07) is 24.0. The van der Waals surface area contributed by atoms with Gasteiger partial charge in [-0.15, -0.1) is 29.3 Å². The maximum absolute atomic E-state index is 12.2. The Kier molecular flexibility index (Phi) is 13.2. The molecule has 4 aromatic carbocycles. The van der Waals surface area contributed by atoms with Crippen LogP contribution in [0.5, 0.6) is 0 Å². The molecule has 1 aliphatic heterocycles. The monoisotopic (exact) mass is 907 g/mol. The van der Waals surface area contributed by atoms with Gasteiger partial charge in [-0.1, -0.05) is 136 Å². The number of benzene rings is 4. The summed E-state index contributed by atoms with van der Waals surface area (Å²) < 4.78 is 0. The zero-order valence-electron chi connectivity index (χ0n) is 34.1. The summed E-state index contributed by atoms with van der Waals surface area (Å²) in [4.78, 5) is 19.8. The molecule has 0 fully saturated rings. The fraction of sp³-hybridized carbons (Fsp3) is 0.458. The summed E-state index contributed by atoms with van der Waals surface area (Å²) in [7, 11) is 0. The number of fused-ring (bicyclic) bond motifs is 5. The minimum Gasteiger partial charge on any atom is -0.512 e. The van der Waals surface area contributed by atoms with E-state index in [-0.39, 0.29) is 53.3 Å². The van der Waals surface area contributed by atoms with Crippen LogP contribution in [0.25, 0.3) is 43.6 Å². The van der Waals surface area contributed by atoms with Gasteiger partial charge in [-0.05, 0) is 93.5 Å². The summed E-state index contributed by atoms with van der Waals surface area (Å²) in [5.41, 5.74) is 4.91. The van der Waals surface area contributed by atoms with Crippen LogP contribution in [0.15, 0.2) is 82.4 Å². The summed E-state index contributed by atoms with van der Waals surface area (Å²) in [6.07, 6.45) is 8.82. The van der Waals surface area contributed by atoms with Crippen LogP contribution in [0.3, 0.4) is 0 Å². The molecule has 1 radical (unpaired) electrons. The number of ketones is 1. The van der Waals surface area contributed by atoms with Crippen LogP contribution >= 0.6 is 11.8 Å². The van der Waals surface area contributed by atoms with E-state index in [2.05, 4.69) is 102 Å². The Morgan fingerprint density at radius 2 is 1.36 bits per heavy atom. The van der Waals surface area contributed by atoms with Crippen molar-refractivity contribution in [2.24, 2.45) is 21.7 Å².